The number of imidazole rings is 1. The van der Waals surface area contributed by atoms with Gasteiger partial charge in [0.1, 0.15) is 5.82 Å². The van der Waals surface area contributed by atoms with Crippen molar-refractivity contribution in [2.24, 2.45) is 0 Å². The van der Waals surface area contributed by atoms with Gasteiger partial charge in [-0.25, -0.2) is 4.98 Å². The lowest BCUT2D eigenvalue weighted by molar-refractivity contribution is 0.102. The molecule has 0 bridgehead atoms. The van der Waals surface area contributed by atoms with Gasteiger partial charge < -0.3 is 19.7 Å². The standard InChI is InChI=1S/C20H21N3O3/c1-26-18-11-13(6-9-17(18)24)20(25)21-14-7-8-16-15(12-14)22-19-5-3-2-4-10-23(16)19/h6-9,11-12,24H,2-5,10H2,1H3,(H,21,25). The Balaban J connectivity index is 1.60. The minimum Gasteiger partial charge on any atom is -0.504 e. The number of hydrogen-bond acceptors (Lipinski definition) is 4. The molecule has 0 radical (unpaired) electrons. The second kappa shape index (κ2) is 6.71. The highest BCUT2D eigenvalue weighted by atomic mass is 16.5. The van der Waals surface area contributed by atoms with E-state index >= 15 is 0 Å². The van der Waals surface area contributed by atoms with E-state index in [1.807, 2.05) is 18.2 Å². The molecule has 0 saturated heterocycles. The third-order valence-electron chi connectivity index (χ3n) is 4.81. The van der Waals surface area contributed by atoms with Crippen LogP contribution in [0.4, 0.5) is 5.69 Å². The first-order chi connectivity index (χ1) is 12.7. The number of hydrogen-bond donors (Lipinski definition) is 2. The maximum atomic E-state index is 12.5. The quantitative estimate of drug-likeness (QED) is 0.754. The molecule has 4 rings (SSSR count). The number of aryl methyl sites for hydroxylation is 2. The van der Waals surface area contributed by atoms with E-state index in [1.54, 1.807) is 6.07 Å². The number of phenolic OH excluding ortho intramolecular Hbond substituents is 1. The highest BCUT2D eigenvalue weighted by Gasteiger charge is 2.15. The average molecular weight is 351 g/mol. The smallest absolute Gasteiger partial charge is 0.255 e. The lowest BCUT2D eigenvalue weighted by Gasteiger charge is -2.08. The minimum atomic E-state index is -0.261. The summed E-state index contributed by atoms with van der Waals surface area (Å²) in [6, 6.07) is 10.4. The lowest BCUT2D eigenvalue weighted by Crippen LogP contribution is -2.11. The number of nitrogens with zero attached hydrogens (tertiary/aromatic N) is 2. The van der Waals surface area contributed by atoms with Gasteiger partial charge in [0, 0.05) is 24.2 Å². The second-order valence-corrected chi connectivity index (χ2v) is 6.53. The molecule has 0 aliphatic carbocycles. The van der Waals surface area contributed by atoms with Crippen LogP contribution < -0.4 is 10.1 Å². The molecule has 0 atom stereocenters. The van der Waals surface area contributed by atoms with Crippen molar-refractivity contribution in [2.75, 3.05) is 12.4 Å². The van der Waals surface area contributed by atoms with Gasteiger partial charge in [0.15, 0.2) is 11.5 Å². The molecule has 2 N–H and O–H groups in total. The number of nitrogens with one attached hydrogen (secondary N) is 1. The van der Waals surface area contributed by atoms with Crippen LogP contribution in [0.25, 0.3) is 11.0 Å². The number of aromatic hydroxyl groups is 1. The Bertz CT molecular complexity index is 978. The molecule has 0 fully saturated rings. The van der Waals surface area contributed by atoms with Crippen LogP contribution in [-0.2, 0) is 13.0 Å². The Morgan fingerprint density at radius 1 is 1.19 bits per heavy atom. The normalized spacial score (nSPS) is 13.9. The largest absolute Gasteiger partial charge is 0.504 e. The summed E-state index contributed by atoms with van der Waals surface area (Å²) in [7, 11) is 1.45. The summed E-state index contributed by atoms with van der Waals surface area (Å²) in [5, 5.41) is 12.5. The summed E-state index contributed by atoms with van der Waals surface area (Å²) in [5.41, 5.74) is 3.14. The fraction of sp³-hybridized carbons (Fsp3) is 0.300. The molecule has 0 saturated carbocycles. The van der Waals surface area contributed by atoms with Crippen molar-refractivity contribution in [3.8, 4) is 11.5 Å². The molecule has 2 aromatic carbocycles. The Morgan fingerprint density at radius 2 is 2.08 bits per heavy atom. The first-order valence-corrected chi connectivity index (χ1v) is 8.83. The Labute approximate surface area is 151 Å². The summed E-state index contributed by atoms with van der Waals surface area (Å²) in [6.07, 6.45) is 4.61. The maximum Gasteiger partial charge on any atom is 0.255 e. The lowest BCUT2D eigenvalue weighted by atomic mass is 10.1. The predicted molar refractivity (Wildman–Crippen MR) is 99.9 cm³/mol. The number of rotatable bonds is 3. The van der Waals surface area contributed by atoms with Gasteiger partial charge in [-0.15, -0.1) is 0 Å². The van der Waals surface area contributed by atoms with Crippen molar-refractivity contribution in [3.63, 3.8) is 0 Å². The van der Waals surface area contributed by atoms with Crippen LogP contribution in [0.2, 0.25) is 0 Å². The number of phenols is 1. The monoisotopic (exact) mass is 351 g/mol. The molecule has 6 nitrogen and oxygen atoms in total. The van der Waals surface area contributed by atoms with Crippen LogP contribution in [0.5, 0.6) is 11.5 Å². The van der Waals surface area contributed by atoms with Crippen LogP contribution in [0.3, 0.4) is 0 Å². The van der Waals surface area contributed by atoms with E-state index in [9.17, 15) is 9.90 Å². The van der Waals surface area contributed by atoms with Gasteiger partial charge in [-0.2, -0.15) is 0 Å². The topological polar surface area (TPSA) is 76.4 Å². The van der Waals surface area contributed by atoms with Crippen molar-refractivity contribution >= 4 is 22.6 Å². The highest BCUT2D eigenvalue weighted by Crippen LogP contribution is 2.27. The van der Waals surface area contributed by atoms with E-state index in [0.717, 1.165) is 29.8 Å². The van der Waals surface area contributed by atoms with Gasteiger partial charge in [0.2, 0.25) is 0 Å². The molecule has 1 amide bonds. The minimum absolute atomic E-state index is 0.00461. The molecule has 6 heteroatoms. The number of amides is 1. The fourth-order valence-corrected chi connectivity index (χ4v) is 3.45. The van der Waals surface area contributed by atoms with E-state index in [1.165, 1.54) is 38.5 Å². The van der Waals surface area contributed by atoms with Gasteiger partial charge in [0.05, 0.1) is 18.1 Å². The molecule has 1 aliphatic rings. The third kappa shape index (κ3) is 2.98. The number of carbonyl (C=O) groups is 1. The van der Waals surface area contributed by atoms with E-state index in [-0.39, 0.29) is 17.4 Å². The number of carbonyl (C=O) groups excluding carboxylic acids is 1. The van der Waals surface area contributed by atoms with Crippen molar-refractivity contribution in [1.29, 1.82) is 0 Å². The Hall–Kier alpha value is -3.02. The molecule has 2 heterocycles. The zero-order valence-corrected chi connectivity index (χ0v) is 14.7. The first kappa shape index (κ1) is 16.4. The summed E-state index contributed by atoms with van der Waals surface area (Å²) in [5.74, 6) is 1.14. The van der Waals surface area contributed by atoms with E-state index in [2.05, 4.69) is 9.88 Å². The molecule has 0 unspecified atom stereocenters. The zero-order chi connectivity index (χ0) is 18.1. The highest BCUT2D eigenvalue weighted by molar-refractivity contribution is 6.05. The van der Waals surface area contributed by atoms with Crippen molar-refractivity contribution < 1.29 is 14.6 Å². The molecule has 0 spiro atoms. The molecular formula is C20H21N3O3. The second-order valence-electron chi connectivity index (χ2n) is 6.53. The molecule has 1 aliphatic heterocycles. The van der Waals surface area contributed by atoms with E-state index in [0.29, 0.717) is 11.3 Å². The van der Waals surface area contributed by atoms with Gasteiger partial charge in [-0.05, 0) is 49.2 Å². The number of fused-ring (bicyclic) bond motifs is 3. The number of aromatic nitrogens is 2. The first-order valence-electron chi connectivity index (χ1n) is 8.83. The predicted octanol–water partition coefficient (Wildman–Crippen LogP) is 3.73. The van der Waals surface area contributed by atoms with Crippen LogP contribution in [0.1, 0.15) is 35.4 Å². The maximum absolute atomic E-state index is 12.5. The number of ether oxygens (including phenoxy) is 1. The van der Waals surface area contributed by atoms with E-state index in [4.69, 9.17) is 9.72 Å². The fourth-order valence-electron chi connectivity index (χ4n) is 3.45. The van der Waals surface area contributed by atoms with Crippen molar-refractivity contribution in [3.05, 3.63) is 47.8 Å². The number of benzene rings is 2. The molecule has 26 heavy (non-hydrogen) atoms. The number of anilines is 1. The van der Waals surface area contributed by atoms with Crippen LogP contribution in [0, 0.1) is 0 Å². The van der Waals surface area contributed by atoms with Crippen LogP contribution in [-0.4, -0.2) is 27.7 Å². The Morgan fingerprint density at radius 3 is 2.92 bits per heavy atom. The van der Waals surface area contributed by atoms with Gasteiger partial charge >= 0.3 is 0 Å². The average Bonchev–Trinajstić information content (AvgIpc) is 2.82. The van der Waals surface area contributed by atoms with Crippen molar-refractivity contribution in [2.45, 2.75) is 32.2 Å². The summed E-state index contributed by atoms with van der Waals surface area (Å²) in [6.45, 7) is 1.00. The molecule has 134 valence electrons. The van der Waals surface area contributed by atoms with Gasteiger partial charge in [-0.3, -0.25) is 4.79 Å². The van der Waals surface area contributed by atoms with Crippen LogP contribution in [0.15, 0.2) is 36.4 Å². The van der Waals surface area contributed by atoms with E-state index < -0.39 is 0 Å². The van der Waals surface area contributed by atoms with Crippen molar-refractivity contribution in [1.82, 2.24) is 9.55 Å². The van der Waals surface area contributed by atoms with Gasteiger partial charge in [0.25, 0.3) is 5.91 Å². The third-order valence-corrected chi connectivity index (χ3v) is 4.81. The molecule has 1 aromatic heterocycles. The van der Waals surface area contributed by atoms with Crippen LogP contribution >= 0.6 is 0 Å². The Kier molecular flexibility index (Phi) is 4.24. The summed E-state index contributed by atoms with van der Waals surface area (Å²) in [4.78, 5) is 17.2. The summed E-state index contributed by atoms with van der Waals surface area (Å²) < 4.78 is 7.35. The summed E-state index contributed by atoms with van der Waals surface area (Å²) >= 11 is 0. The zero-order valence-electron chi connectivity index (χ0n) is 14.7. The number of methoxy groups -OCH3 is 1. The molecular weight excluding hydrogens is 330 g/mol. The molecule has 3 aromatic rings. The SMILES string of the molecule is COc1cc(C(=O)Nc2ccc3c(c2)nc2n3CCCCC2)ccc1O. The van der Waals surface area contributed by atoms with Gasteiger partial charge in [-0.1, -0.05) is 6.42 Å².